The lowest BCUT2D eigenvalue weighted by Gasteiger charge is -2.41. The van der Waals surface area contributed by atoms with Crippen LogP contribution in [-0.2, 0) is 9.47 Å². The van der Waals surface area contributed by atoms with Crippen LogP contribution in [0.5, 0.6) is 0 Å². The van der Waals surface area contributed by atoms with E-state index in [1.807, 2.05) is 13.8 Å². The first-order valence-corrected chi connectivity index (χ1v) is 6.73. The molecule has 106 valence electrons. The maximum Gasteiger partial charge on any atom is 0.163 e. The molecule has 1 saturated heterocycles. The lowest BCUT2D eigenvalue weighted by atomic mass is 9.71. The van der Waals surface area contributed by atoms with Gasteiger partial charge in [-0.05, 0) is 39.0 Å². The van der Waals surface area contributed by atoms with Crippen molar-refractivity contribution < 1.29 is 24.8 Å². The molecule has 2 aliphatic rings. The zero-order valence-electron chi connectivity index (χ0n) is 11.1. The predicted octanol–water partition coefficient (Wildman–Crippen LogP) is 0.268. The predicted molar refractivity (Wildman–Crippen MR) is 64.8 cm³/mol. The summed E-state index contributed by atoms with van der Waals surface area (Å²) in [6.45, 7) is 4.14. The average molecular weight is 260 g/mol. The smallest absolute Gasteiger partial charge is 0.163 e. The van der Waals surface area contributed by atoms with Crippen LogP contribution in [0.1, 0.15) is 33.1 Å². The summed E-state index contributed by atoms with van der Waals surface area (Å²) >= 11 is 0. The van der Waals surface area contributed by atoms with Crippen molar-refractivity contribution in [2.75, 3.05) is 13.2 Å². The third kappa shape index (κ3) is 2.86. The van der Waals surface area contributed by atoms with Crippen LogP contribution >= 0.6 is 0 Å². The van der Waals surface area contributed by atoms with Gasteiger partial charge >= 0.3 is 0 Å². The molecule has 1 heterocycles. The van der Waals surface area contributed by atoms with Crippen LogP contribution in [0, 0.1) is 11.8 Å². The molecule has 1 saturated carbocycles. The van der Waals surface area contributed by atoms with Gasteiger partial charge in [0, 0.05) is 12.5 Å². The largest absolute Gasteiger partial charge is 0.396 e. The fourth-order valence-corrected chi connectivity index (χ4v) is 3.25. The quantitative estimate of drug-likeness (QED) is 0.679. The van der Waals surface area contributed by atoms with E-state index < -0.39 is 18.0 Å². The summed E-state index contributed by atoms with van der Waals surface area (Å²) in [4.78, 5) is 0. The highest BCUT2D eigenvalue weighted by Crippen LogP contribution is 2.40. The van der Waals surface area contributed by atoms with Crippen molar-refractivity contribution in [3.8, 4) is 0 Å². The summed E-state index contributed by atoms with van der Waals surface area (Å²) < 4.78 is 11.3. The Hall–Kier alpha value is -0.200. The van der Waals surface area contributed by atoms with Crippen molar-refractivity contribution in [3.63, 3.8) is 0 Å². The van der Waals surface area contributed by atoms with Gasteiger partial charge in [0.15, 0.2) is 5.79 Å². The molecule has 0 radical (unpaired) electrons. The van der Waals surface area contributed by atoms with E-state index in [0.717, 1.165) is 0 Å². The van der Waals surface area contributed by atoms with Crippen LogP contribution in [0.2, 0.25) is 0 Å². The molecule has 5 nitrogen and oxygen atoms in total. The second kappa shape index (κ2) is 5.43. The van der Waals surface area contributed by atoms with E-state index in [9.17, 15) is 10.2 Å². The Balaban J connectivity index is 2.10. The first-order chi connectivity index (χ1) is 8.44. The molecule has 0 amide bonds. The van der Waals surface area contributed by atoms with Crippen LogP contribution in [0.25, 0.3) is 0 Å². The van der Waals surface area contributed by atoms with Crippen LogP contribution in [0.15, 0.2) is 0 Å². The summed E-state index contributed by atoms with van der Waals surface area (Å²) in [5, 5.41) is 29.4. The lowest BCUT2D eigenvalue weighted by molar-refractivity contribution is -0.165. The van der Waals surface area contributed by atoms with Crippen molar-refractivity contribution in [2.24, 2.45) is 11.8 Å². The van der Waals surface area contributed by atoms with Crippen molar-refractivity contribution >= 4 is 0 Å². The van der Waals surface area contributed by atoms with Crippen LogP contribution < -0.4 is 0 Å². The molecule has 18 heavy (non-hydrogen) atoms. The molecule has 1 aliphatic heterocycles. The normalized spacial score (nSPS) is 44.2. The Labute approximate surface area is 108 Å². The number of hydrogen-bond acceptors (Lipinski definition) is 5. The molecule has 0 aromatic rings. The number of rotatable bonds is 3. The first kappa shape index (κ1) is 14.2. The van der Waals surface area contributed by atoms with E-state index in [0.29, 0.717) is 25.9 Å². The lowest BCUT2D eigenvalue weighted by Crippen LogP contribution is -2.48. The van der Waals surface area contributed by atoms with Crippen molar-refractivity contribution in [1.29, 1.82) is 0 Å². The van der Waals surface area contributed by atoms with Gasteiger partial charge in [0.25, 0.3) is 0 Å². The molecule has 0 bridgehead atoms. The molecule has 0 unspecified atom stereocenters. The fourth-order valence-electron chi connectivity index (χ4n) is 3.25. The molecule has 0 aromatic carbocycles. The van der Waals surface area contributed by atoms with Gasteiger partial charge in [-0.25, -0.2) is 0 Å². The summed E-state index contributed by atoms with van der Waals surface area (Å²) in [5.41, 5.74) is 0. The number of aliphatic hydroxyl groups is 3. The molecular formula is C13H24O5. The molecule has 0 spiro atoms. The van der Waals surface area contributed by atoms with Gasteiger partial charge in [-0.1, -0.05) is 0 Å². The number of aliphatic hydroxyl groups excluding tert-OH is 3. The van der Waals surface area contributed by atoms with Gasteiger partial charge in [-0.2, -0.15) is 0 Å². The molecule has 5 atom stereocenters. The average Bonchev–Trinajstić information content (AvgIpc) is 2.64. The minimum Gasteiger partial charge on any atom is -0.396 e. The van der Waals surface area contributed by atoms with Crippen molar-refractivity contribution in [3.05, 3.63) is 0 Å². The van der Waals surface area contributed by atoms with E-state index in [4.69, 9.17) is 14.6 Å². The van der Waals surface area contributed by atoms with E-state index in [-0.39, 0.29) is 24.5 Å². The molecule has 3 N–H and O–H groups in total. The van der Waals surface area contributed by atoms with Gasteiger partial charge in [-0.15, -0.1) is 0 Å². The molecule has 2 fully saturated rings. The molecular weight excluding hydrogens is 236 g/mol. The van der Waals surface area contributed by atoms with E-state index in [2.05, 4.69) is 0 Å². The fraction of sp³-hybridized carbons (Fsp3) is 1.00. The molecule has 1 aliphatic carbocycles. The number of hydrogen-bond donors (Lipinski definition) is 3. The summed E-state index contributed by atoms with van der Waals surface area (Å²) in [6.07, 6.45) is 0.475. The van der Waals surface area contributed by atoms with E-state index >= 15 is 0 Å². The zero-order valence-corrected chi connectivity index (χ0v) is 11.1. The Kier molecular flexibility index (Phi) is 4.29. The maximum atomic E-state index is 10.2. The topological polar surface area (TPSA) is 79.2 Å². The SMILES string of the molecule is CC1(C)OC[C@H]([C@H]2[C@@H](CCO)[C@H](O)CC[C@@H]2O)O1. The molecule has 2 rings (SSSR count). The highest BCUT2D eigenvalue weighted by Gasteiger charge is 2.47. The van der Waals surface area contributed by atoms with Crippen molar-refractivity contribution in [2.45, 2.75) is 57.2 Å². The summed E-state index contributed by atoms with van der Waals surface area (Å²) in [7, 11) is 0. The second-order valence-corrected chi connectivity index (χ2v) is 5.83. The van der Waals surface area contributed by atoms with Gasteiger partial charge in [0.05, 0.1) is 24.9 Å². The monoisotopic (exact) mass is 260 g/mol. The minimum atomic E-state index is -0.628. The Morgan fingerprint density at radius 1 is 1.17 bits per heavy atom. The Morgan fingerprint density at radius 3 is 2.39 bits per heavy atom. The van der Waals surface area contributed by atoms with Crippen molar-refractivity contribution in [1.82, 2.24) is 0 Å². The second-order valence-electron chi connectivity index (χ2n) is 5.83. The highest BCUT2D eigenvalue weighted by molar-refractivity contribution is 4.93. The third-order valence-corrected chi connectivity index (χ3v) is 4.11. The summed E-state index contributed by atoms with van der Waals surface area (Å²) in [5.74, 6) is -0.916. The van der Waals surface area contributed by atoms with Gasteiger partial charge < -0.3 is 24.8 Å². The zero-order chi connectivity index (χ0) is 13.3. The molecule has 0 aromatic heterocycles. The first-order valence-electron chi connectivity index (χ1n) is 6.73. The highest BCUT2D eigenvalue weighted by atomic mass is 16.7. The third-order valence-electron chi connectivity index (χ3n) is 4.11. The van der Waals surface area contributed by atoms with Gasteiger partial charge in [0.1, 0.15) is 0 Å². The molecule has 5 heteroatoms. The standard InChI is InChI=1S/C13H24O5/c1-13(2)17-7-11(18-13)12-8(5-6-14)9(15)3-4-10(12)16/h8-12,14-16H,3-7H2,1-2H3/t8-,9+,10-,11+,12-/m0/s1. The van der Waals surface area contributed by atoms with Crippen LogP contribution in [0.4, 0.5) is 0 Å². The maximum absolute atomic E-state index is 10.2. The number of ether oxygens (including phenoxy) is 2. The van der Waals surface area contributed by atoms with Gasteiger partial charge in [0.2, 0.25) is 0 Å². The van der Waals surface area contributed by atoms with E-state index in [1.54, 1.807) is 0 Å². The summed E-state index contributed by atoms with van der Waals surface area (Å²) in [6, 6.07) is 0. The Morgan fingerprint density at radius 2 is 1.83 bits per heavy atom. The van der Waals surface area contributed by atoms with E-state index in [1.165, 1.54) is 0 Å². The van der Waals surface area contributed by atoms with Crippen LogP contribution in [0.3, 0.4) is 0 Å². The Bertz CT molecular complexity index is 281. The van der Waals surface area contributed by atoms with Gasteiger partial charge in [-0.3, -0.25) is 0 Å². The van der Waals surface area contributed by atoms with Crippen LogP contribution in [-0.4, -0.2) is 52.6 Å². The minimum absolute atomic E-state index is 0.0158.